The third kappa shape index (κ3) is 14.0. The van der Waals surface area contributed by atoms with Gasteiger partial charge in [0.25, 0.3) is 5.91 Å². The van der Waals surface area contributed by atoms with Gasteiger partial charge in [-0.25, -0.2) is 0 Å². The number of methoxy groups -OCH3 is 3. The van der Waals surface area contributed by atoms with Gasteiger partial charge in [-0.2, -0.15) is 0 Å². The lowest BCUT2D eigenvalue weighted by Crippen LogP contribution is -2.38. The summed E-state index contributed by atoms with van der Waals surface area (Å²) in [5.74, 6) is 0.987. The van der Waals surface area contributed by atoms with Gasteiger partial charge in [0.15, 0.2) is 11.5 Å². The predicted molar refractivity (Wildman–Crippen MR) is 222 cm³/mol. The molecule has 0 radical (unpaired) electrons. The number of halogens is 1. The third-order valence-corrected chi connectivity index (χ3v) is 9.69. The lowest BCUT2D eigenvalue weighted by Gasteiger charge is -2.33. The van der Waals surface area contributed by atoms with Crippen LogP contribution >= 0.6 is 11.6 Å². The minimum atomic E-state index is -0.117. The van der Waals surface area contributed by atoms with E-state index in [1.165, 1.54) is 45.3 Å². The van der Waals surface area contributed by atoms with Gasteiger partial charge in [0.05, 0.1) is 37.6 Å². The molecule has 1 amide bonds. The molecule has 1 saturated heterocycles. The number of aryl methyl sites for hydroxylation is 1. The molecule has 1 fully saturated rings. The Labute approximate surface area is 325 Å². The highest BCUT2D eigenvalue weighted by molar-refractivity contribution is 6.35. The first-order valence-corrected chi connectivity index (χ1v) is 19.6. The third-order valence-electron chi connectivity index (χ3n) is 9.31. The molecule has 0 bridgehead atoms. The molecule has 0 spiro atoms. The molecule has 0 N–H and O–H groups in total. The molecule has 8 nitrogen and oxygen atoms in total. The summed E-state index contributed by atoms with van der Waals surface area (Å²) in [7, 11) is 4.57. The van der Waals surface area contributed by atoms with Crippen LogP contribution in [0, 0.1) is 6.92 Å². The highest BCUT2D eigenvalue weighted by atomic mass is 35.5. The highest BCUT2D eigenvalue weighted by Crippen LogP contribution is 2.46. The van der Waals surface area contributed by atoms with E-state index in [4.69, 9.17) is 30.5 Å². The second-order valence-corrected chi connectivity index (χ2v) is 14.0. The summed E-state index contributed by atoms with van der Waals surface area (Å²) in [6.07, 6.45) is 6.61. The molecule has 1 aliphatic rings. The Balaban J connectivity index is 0.000000469. The first-order chi connectivity index (χ1) is 25.6. The first-order valence-electron chi connectivity index (χ1n) is 19.3. The van der Waals surface area contributed by atoms with E-state index >= 15 is 0 Å². The molecular formula is C44H66ClN3O5. The van der Waals surface area contributed by atoms with Crippen LogP contribution in [0.2, 0.25) is 5.02 Å². The summed E-state index contributed by atoms with van der Waals surface area (Å²) >= 11 is 6.65. The molecule has 3 aromatic carbocycles. The molecule has 9 heteroatoms. The zero-order chi connectivity index (χ0) is 39.2. The van der Waals surface area contributed by atoms with Crippen LogP contribution < -0.4 is 14.2 Å². The average Bonchev–Trinajstić information content (AvgIpc) is 3.62. The van der Waals surface area contributed by atoms with Crippen molar-refractivity contribution in [2.45, 2.75) is 92.4 Å². The lowest BCUT2D eigenvalue weighted by molar-refractivity contribution is 0.0780. The van der Waals surface area contributed by atoms with Crippen LogP contribution in [-0.2, 0) is 10.2 Å². The minimum Gasteiger partial charge on any atom is -0.493 e. The molecule has 1 aliphatic heterocycles. The van der Waals surface area contributed by atoms with Crippen molar-refractivity contribution in [2.75, 3.05) is 67.3 Å². The van der Waals surface area contributed by atoms with Crippen LogP contribution in [0.3, 0.4) is 0 Å². The fourth-order valence-corrected chi connectivity index (χ4v) is 6.79. The van der Waals surface area contributed by atoms with Crippen molar-refractivity contribution >= 4 is 28.9 Å². The van der Waals surface area contributed by atoms with Crippen LogP contribution in [0.4, 0.5) is 5.69 Å². The Bertz CT molecular complexity index is 1520. The number of hydrogen-bond acceptors (Lipinski definition) is 7. The van der Waals surface area contributed by atoms with Crippen molar-refractivity contribution in [3.05, 3.63) is 82.4 Å². The topological polar surface area (TPSA) is 72.8 Å². The largest absolute Gasteiger partial charge is 0.493 e. The smallest absolute Gasteiger partial charge is 0.255 e. The van der Waals surface area contributed by atoms with Crippen LogP contribution in [0.25, 0.3) is 0 Å². The van der Waals surface area contributed by atoms with Crippen molar-refractivity contribution in [1.82, 2.24) is 9.80 Å². The molecule has 53 heavy (non-hydrogen) atoms. The SMILES string of the molecule is CC(C)=Nc1ccccc1C.CCCCN(CCC)CCC1(c2ccccc2)CCN(C(=O)c2cc(OC)c(OC)c(OC)c2Cl)C1.CCCOCC. The van der Waals surface area contributed by atoms with Crippen LogP contribution in [0.15, 0.2) is 65.7 Å². The first kappa shape index (κ1) is 45.6. The van der Waals surface area contributed by atoms with Crippen LogP contribution in [0.1, 0.15) is 102 Å². The molecule has 1 heterocycles. The Morgan fingerprint density at radius 1 is 0.868 bits per heavy atom. The number of amides is 1. The van der Waals surface area contributed by atoms with Crippen molar-refractivity contribution in [3.8, 4) is 17.2 Å². The van der Waals surface area contributed by atoms with Gasteiger partial charge >= 0.3 is 0 Å². The van der Waals surface area contributed by atoms with Gasteiger partial charge < -0.3 is 28.7 Å². The Morgan fingerprint density at radius 2 is 1.55 bits per heavy atom. The van der Waals surface area contributed by atoms with Gasteiger partial charge in [0.1, 0.15) is 0 Å². The molecule has 1 atom stereocenters. The van der Waals surface area contributed by atoms with Gasteiger partial charge in [0.2, 0.25) is 5.75 Å². The zero-order valence-corrected chi connectivity index (χ0v) is 35.0. The summed E-state index contributed by atoms with van der Waals surface area (Å²) in [5, 5.41) is 0.242. The fourth-order valence-electron chi connectivity index (χ4n) is 6.49. The maximum absolute atomic E-state index is 13.8. The molecule has 294 valence electrons. The van der Waals surface area contributed by atoms with Crippen molar-refractivity contribution in [2.24, 2.45) is 4.99 Å². The highest BCUT2D eigenvalue weighted by Gasteiger charge is 2.42. The number of ether oxygens (including phenoxy) is 4. The molecule has 0 aliphatic carbocycles. The predicted octanol–water partition coefficient (Wildman–Crippen LogP) is 10.6. The molecule has 3 aromatic rings. The zero-order valence-electron chi connectivity index (χ0n) is 34.2. The summed E-state index contributed by atoms with van der Waals surface area (Å²) in [6, 6.07) is 20.4. The molecule has 4 rings (SSSR count). The quantitative estimate of drug-likeness (QED) is 0.101. The molecule has 0 aromatic heterocycles. The Hall–Kier alpha value is -3.59. The number of rotatable bonds is 17. The van der Waals surface area contributed by atoms with Crippen LogP contribution in [0.5, 0.6) is 17.2 Å². The second-order valence-electron chi connectivity index (χ2n) is 13.6. The standard InChI is InChI=1S/C29H41ClN2O4.C10H13N.C5H12O/c1-6-8-17-31(16-7-2)18-14-29(22-12-10-9-11-13-22)15-19-32(21-29)28(33)23-20-24(34-3)26(35-4)27(36-5)25(23)30;1-8(2)11-10-7-5-4-6-9(10)3;1-3-5-6-4-2/h9-13,20H,6-8,14-19,21H2,1-5H3;4-7H,1-3H3;3-5H2,1-2H3. The van der Waals surface area contributed by atoms with Gasteiger partial charge in [-0.1, -0.05) is 87.3 Å². The number of nitrogens with zero attached hydrogens (tertiary/aromatic N) is 3. The summed E-state index contributed by atoms with van der Waals surface area (Å²) in [6.45, 7) is 21.0. The van der Waals surface area contributed by atoms with Crippen molar-refractivity contribution < 1.29 is 23.7 Å². The molecule has 0 saturated carbocycles. The van der Waals surface area contributed by atoms with Crippen LogP contribution in [-0.4, -0.2) is 88.7 Å². The van der Waals surface area contributed by atoms with E-state index in [0.717, 1.165) is 69.9 Å². The van der Waals surface area contributed by atoms with Gasteiger partial charge in [-0.15, -0.1) is 0 Å². The van der Waals surface area contributed by atoms with Gasteiger partial charge in [0, 0.05) is 37.4 Å². The number of benzene rings is 3. The number of hydrogen-bond donors (Lipinski definition) is 0. The number of para-hydroxylation sites is 1. The van der Waals surface area contributed by atoms with Crippen molar-refractivity contribution in [3.63, 3.8) is 0 Å². The van der Waals surface area contributed by atoms with E-state index in [1.54, 1.807) is 6.07 Å². The monoisotopic (exact) mass is 751 g/mol. The number of unbranched alkanes of at least 4 members (excludes halogenated alkanes) is 1. The Morgan fingerprint density at radius 3 is 2.09 bits per heavy atom. The van der Waals surface area contributed by atoms with E-state index in [2.05, 4.69) is 74.0 Å². The number of likely N-dealkylation sites (tertiary alicyclic amines) is 1. The molecular weight excluding hydrogens is 686 g/mol. The van der Waals surface area contributed by atoms with Gasteiger partial charge in [-0.3, -0.25) is 9.79 Å². The maximum Gasteiger partial charge on any atom is 0.255 e. The lowest BCUT2D eigenvalue weighted by atomic mass is 9.76. The van der Waals surface area contributed by atoms with E-state index in [1.807, 2.05) is 43.9 Å². The van der Waals surface area contributed by atoms with E-state index < -0.39 is 0 Å². The maximum atomic E-state index is 13.8. The summed E-state index contributed by atoms with van der Waals surface area (Å²) < 4.78 is 21.4. The summed E-state index contributed by atoms with van der Waals surface area (Å²) in [5.41, 5.74) is 4.97. The van der Waals surface area contributed by atoms with Crippen molar-refractivity contribution in [1.29, 1.82) is 0 Å². The number of carbonyl (C=O) groups is 1. The van der Waals surface area contributed by atoms with Gasteiger partial charge in [-0.05, 0) is 103 Å². The number of aliphatic imine (C=N–C) groups is 1. The van der Waals surface area contributed by atoms with E-state index in [-0.39, 0.29) is 16.3 Å². The minimum absolute atomic E-state index is 0.0950. The van der Waals surface area contributed by atoms with E-state index in [0.29, 0.717) is 35.9 Å². The van der Waals surface area contributed by atoms with E-state index in [9.17, 15) is 4.79 Å². The average molecular weight is 752 g/mol. The normalized spacial score (nSPS) is 14.8. The molecule has 1 unspecified atom stereocenters. The Kier molecular flexibility index (Phi) is 21.2. The second kappa shape index (κ2) is 24.7. The summed E-state index contributed by atoms with van der Waals surface area (Å²) in [4.78, 5) is 22.7. The fraction of sp³-hybridized carbons (Fsp3) is 0.545. The number of carbonyl (C=O) groups excluding carboxylic acids is 1.